The summed E-state index contributed by atoms with van der Waals surface area (Å²) in [5.74, 6) is 0.632. The molecule has 0 unspecified atom stereocenters. The lowest BCUT2D eigenvalue weighted by Gasteiger charge is -2.21. The third-order valence-electron chi connectivity index (χ3n) is 5.74. The van der Waals surface area contributed by atoms with E-state index in [1.807, 2.05) is 25.3 Å². The summed E-state index contributed by atoms with van der Waals surface area (Å²) >= 11 is 0. The number of pyridine rings is 2. The average Bonchev–Trinajstić information content (AvgIpc) is 3.07. The molecule has 0 bridgehead atoms. The number of imidazole rings is 1. The number of halogens is 3. The van der Waals surface area contributed by atoms with E-state index in [0.29, 0.717) is 11.9 Å². The molecule has 3 aromatic heterocycles. The molecule has 1 aliphatic rings. The van der Waals surface area contributed by atoms with Crippen LogP contribution in [-0.4, -0.2) is 26.5 Å². The van der Waals surface area contributed by atoms with E-state index in [1.54, 1.807) is 18.2 Å². The first-order valence-corrected chi connectivity index (χ1v) is 10.5. The fraction of sp³-hybridized carbons (Fsp3) is 0.391. The number of hydrogen-bond donors (Lipinski definition) is 2. The molecule has 0 saturated heterocycles. The SMILES string of the molecule is C=C(N[C@H]1CCC[C@@H](Nc2cccc3nc(C(F)(F)F)cn23)CC1)c1ccc(C)nc1. The smallest absolute Gasteiger partial charge is 0.382 e. The molecule has 3 aromatic rings. The van der Waals surface area contributed by atoms with E-state index in [-0.39, 0.29) is 11.7 Å². The van der Waals surface area contributed by atoms with Crippen molar-refractivity contribution in [1.29, 1.82) is 0 Å². The molecule has 1 aliphatic carbocycles. The quantitative estimate of drug-likeness (QED) is 0.531. The molecule has 0 aliphatic heterocycles. The normalized spacial score (nSPS) is 19.7. The molecule has 1 fully saturated rings. The van der Waals surface area contributed by atoms with Crippen molar-refractivity contribution in [2.24, 2.45) is 0 Å². The zero-order chi connectivity index (χ0) is 22.0. The minimum Gasteiger partial charge on any atom is -0.382 e. The Labute approximate surface area is 179 Å². The highest BCUT2D eigenvalue weighted by Gasteiger charge is 2.34. The van der Waals surface area contributed by atoms with Gasteiger partial charge in [0.15, 0.2) is 5.69 Å². The van der Waals surface area contributed by atoms with Crippen LogP contribution in [0.1, 0.15) is 49.1 Å². The maximum atomic E-state index is 13.0. The van der Waals surface area contributed by atoms with E-state index in [0.717, 1.165) is 55.3 Å². The number of nitrogens with one attached hydrogen (secondary N) is 2. The van der Waals surface area contributed by atoms with E-state index < -0.39 is 11.9 Å². The Morgan fingerprint density at radius 1 is 1.10 bits per heavy atom. The van der Waals surface area contributed by atoms with Gasteiger partial charge < -0.3 is 10.6 Å². The topological polar surface area (TPSA) is 54.2 Å². The van der Waals surface area contributed by atoms with Crippen molar-refractivity contribution in [2.45, 2.75) is 57.3 Å². The molecule has 3 heterocycles. The number of fused-ring (bicyclic) bond motifs is 1. The lowest BCUT2D eigenvalue weighted by Crippen LogP contribution is -2.27. The van der Waals surface area contributed by atoms with Crippen molar-refractivity contribution >= 4 is 17.2 Å². The fourth-order valence-corrected chi connectivity index (χ4v) is 4.04. The summed E-state index contributed by atoms with van der Waals surface area (Å²) in [6.07, 6.45) is 3.27. The second kappa shape index (κ2) is 8.61. The standard InChI is InChI=1S/C23H26F3N5/c1-15-9-10-17(13-27-15)16(2)28-18-5-3-6-19(12-11-18)29-21-7-4-8-22-30-20(14-31(21)22)23(24,25)26/h4,7-10,13-14,18-19,28-29H,2-3,5-6,11-12H2,1H3/t18-,19+/m0/s1. The minimum absolute atomic E-state index is 0.184. The van der Waals surface area contributed by atoms with E-state index in [9.17, 15) is 13.2 Å². The Bertz CT molecular complexity index is 1060. The Balaban J connectivity index is 1.40. The summed E-state index contributed by atoms with van der Waals surface area (Å²) in [5.41, 5.74) is 2.23. The van der Waals surface area contributed by atoms with E-state index in [2.05, 4.69) is 27.2 Å². The predicted molar refractivity (Wildman–Crippen MR) is 116 cm³/mol. The molecule has 4 rings (SSSR count). The maximum absolute atomic E-state index is 13.0. The molecular formula is C23H26F3N5. The second-order valence-corrected chi connectivity index (χ2v) is 8.12. The molecule has 2 atom stereocenters. The third kappa shape index (κ3) is 5.00. The summed E-state index contributed by atoms with van der Waals surface area (Å²) in [7, 11) is 0. The van der Waals surface area contributed by atoms with Gasteiger partial charge in [-0.3, -0.25) is 9.38 Å². The minimum atomic E-state index is -4.46. The number of hydrogen-bond acceptors (Lipinski definition) is 4. The van der Waals surface area contributed by atoms with E-state index in [4.69, 9.17) is 0 Å². The van der Waals surface area contributed by atoms with Crippen LogP contribution in [0.4, 0.5) is 19.0 Å². The Morgan fingerprint density at radius 3 is 2.61 bits per heavy atom. The highest BCUT2D eigenvalue weighted by atomic mass is 19.4. The van der Waals surface area contributed by atoms with Crippen LogP contribution in [-0.2, 0) is 6.18 Å². The van der Waals surface area contributed by atoms with Crippen molar-refractivity contribution in [3.63, 3.8) is 0 Å². The highest BCUT2D eigenvalue weighted by molar-refractivity contribution is 5.61. The Morgan fingerprint density at radius 2 is 1.87 bits per heavy atom. The van der Waals surface area contributed by atoms with Crippen molar-refractivity contribution in [3.05, 3.63) is 66.3 Å². The van der Waals surface area contributed by atoms with Crippen molar-refractivity contribution in [2.75, 3.05) is 5.32 Å². The first-order chi connectivity index (χ1) is 14.8. The van der Waals surface area contributed by atoms with Gasteiger partial charge in [0.1, 0.15) is 11.5 Å². The first kappa shape index (κ1) is 21.2. The van der Waals surface area contributed by atoms with Gasteiger partial charge in [0.25, 0.3) is 0 Å². The Kier molecular flexibility index (Phi) is 5.89. The van der Waals surface area contributed by atoms with Gasteiger partial charge >= 0.3 is 6.18 Å². The molecule has 0 spiro atoms. The van der Waals surface area contributed by atoms with E-state index >= 15 is 0 Å². The largest absolute Gasteiger partial charge is 0.434 e. The zero-order valence-corrected chi connectivity index (χ0v) is 17.4. The number of rotatable bonds is 5. The molecule has 0 amide bonds. The van der Waals surface area contributed by atoms with Gasteiger partial charge in [-0.1, -0.05) is 12.6 Å². The van der Waals surface area contributed by atoms with Crippen LogP contribution in [0, 0.1) is 6.92 Å². The van der Waals surface area contributed by atoms with Gasteiger partial charge in [0.05, 0.1) is 0 Å². The van der Waals surface area contributed by atoms with Gasteiger partial charge in [0.2, 0.25) is 0 Å². The van der Waals surface area contributed by atoms with Gasteiger partial charge in [-0.25, -0.2) is 4.98 Å². The number of alkyl halides is 3. The van der Waals surface area contributed by atoms with Crippen molar-refractivity contribution in [1.82, 2.24) is 19.7 Å². The summed E-state index contributed by atoms with van der Waals surface area (Å²) in [5, 5.41) is 6.96. The summed E-state index contributed by atoms with van der Waals surface area (Å²) in [6.45, 7) is 6.10. The summed E-state index contributed by atoms with van der Waals surface area (Å²) in [6, 6.07) is 9.58. The summed E-state index contributed by atoms with van der Waals surface area (Å²) < 4.78 is 40.6. The lowest BCUT2D eigenvalue weighted by molar-refractivity contribution is -0.140. The zero-order valence-electron chi connectivity index (χ0n) is 17.4. The van der Waals surface area contributed by atoms with Gasteiger partial charge in [-0.2, -0.15) is 13.2 Å². The molecule has 1 saturated carbocycles. The molecule has 0 radical (unpaired) electrons. The molecule has 164 valence electrons. The van der Waals surface area contributed by atoms with Crippen LogP contribution in [0.3, 0.4) is 0 Å². The highest BCUT2D eigenvalue weighted by Crippen LogP contribution is 2.30. The molecule has 8 heteroatoms. The number of aryl methyl sites for hydroxylation is 1. The van der Waals surface area contributed by atoms with Crippen LogP contribution in [0.2, 0.25) is 0 Å². The van der Waals surface area contributed by atoms with Crippen LogP contribution >= 0.6 is 0 Å². The van der Waals surface area contributed by atoms with Crippen LogP contribution in [0.25, 0.3) is 11.3 Å². The number of aromatic nitrogens is 3. The molecule has 0 aromatic carbocycles. The van der Waals surface area contributed by atoms with Crippen LogP contribution < -0.4 is 10.6 Å². The van der Waals surface area contributed by atoms with Crippen molar-refractivity contribution in [3.8, 4) is 0 Å². The van der Waals surface area contributed by atoms with Crippen LogP contribution in [0.5, 0.6) is 0 Å². The monoisotopic (exact) mass is 429 g/mol. The number of nitrogens with zero attached hydrogens (tertiary/aromatic N) is 3. The van der Waals surface area contributed by atoms with Gasteiger partial charge in [-0.15, -0.1) is 0 Å². The molecule has 31 heavy (non-hydrogen) atoms. The lowest BCUT2D eigenvalue weighted by atomic mass is 10.1. The first-order valence-electron chi connectivity index (χ1n) is 10.5. The van der Waals surface area contributed by atoms with Crippen molar-refractivity contribution < 1.29 is 13.2 Å². The predicted octanol–water partition coefficient (Wildman–Crippen LogP) is 5.43. The second-order valence-electron chi connectivity index (χ2n) is 8.12. The Hall–Kier alpha value is -3.03. The molecule has 2 N–H and O–H groups in total. The third-order valence-corrected chi connectivity index (χ3v) is 5.74. The van der Waals surface area contributed by atoms with E-state index in [1.165, 1.54) is 4.40 Å². The average molecular weight is 429 g/mol. The molecular weight excluding hydrogens is 403 g/mol. The number of anilines is 1. The molecule has 5 nitrogen and oxygen atoms in total. The van der Waals surface area contributed by atoms with Crippen LogP contribution in [0.15, 0.2) is 49.3 Å². The summed E-state index contributed by atoms with van der Waals surface area (Å²) in [4.78, 5) is 8.03. The maximum Gasteiger partial charge on any atom is 0.434 e. The van der Waals surface area contributed by atoms with Gasteiger partial charge in [0, 0.05) is 41.4 Å². The van der Waals surface area contributed by atoms with Gasteiger partial charge in [-0.05, 0) is 63.3 Å². The fourth-order valence-electron chi connectivity index (χ4n) is 4.04.